The highest BCUT2D eigenvalue weighted by Gasteiger charge is 2.24. The van der Waals surface area contributed by atoms with Gasteiger partial charge in [0.15, 0.2) is 5.96 Å². The molecule has 3 rings (SSSR count). The highest BCUT2D eigenvalue weighted by Crippen LogP contribution is 2.19. The largest absolute Gasteiger partial charge is 0.494 e. The van der Waals surface area contributed by atoms with Crippen molar-refractivity contribution >= 4 is 35.8 Å². The zero-order chi connectivity index (χ0) is 20.6. The van der Waals surface area contributed by atoms with Crippen LogP contribution in [0.5, 0.6) is 5.75 Å². The minimum Gasteiger partial charge on any atom is -0.494 e. The van der Waals surface area contributed by atoms with E-state index in [4.69, 9.17) is 4.74 Å². The van der Waals surface area contributed by atoms with Gasteiger partial charge in [0.05, 0.1) is 13.2 Å². The molecule has 2 aliphatic heterocycles. The van der Waals surface area contributed by atoms with Crippen LogP contribution in [0.25, 0.3) is 0 Å². The summed E-state index contributed by atoms with van der Waals surface area (Å²) in [5.74, 6) is 2.15. The van der Waals surface area contributed by atoms with E-state index in [0.29, 0.717) is 13.2 Å². The van der Waals surface area contributed by atoms with Crippen molar-refractivity contribution < 1.29 is 9.53 Å². The number of hydrogen-bond acceptors (Lipinski definition) is 4. The molecule has 0 saturated carbocycles. The number of aryl methyl sites for hydroxylation is 1. The van der Waals surface area contributed by atoms with Gasteiger partial charge in [0.1, 0.15) is 5.75 Å². The van der Waals surface area contributed by atoms with Crippen LogP contribution in [0.4, 0.5) is 0 Å². The van der Waals surface area contributed by atoms with Gasteiger partial charge in [-0.2, -0.15) is 0 Å². The lowest BCUT2D eigenvalue weighted by Crippen LogP contribution is -2.54. The standard InChI is InChI=1S/C22H35N5O2.HI/c1-4-29-20-8-7-19(15-18(20)2)16-24-22(23-3)27-13-11-25(12-14-27)17-21(28)26-9-5-6-10-26;/h7-8,15H,4-6,9-14,16-17H2,1-3H3,(H,23,24);1H. The van der Waals surface area contributed by atoms with Crippen molar-refractivity contribution in [2.45, 2.75) is 33.2 Å². The van der Waals surface area contributed by atoms with E-state index in [1.54, 1.807) is 0 Å². The Morgan fingerprint density at radius 2 is 1.80 bits per heavy atom. The molecule has 2 fully saturated rings. The van der Waals surface area contributed by atoms with Crippen molar-refractivity contribution in [2.75, 3.05) is 59.5 Å². The van der Waals surface area contributed by atoms with Crippen molar-refractivity contribution in [1.82, 2.24) is 20.0 Å². The first-order valence-electron chi connectivity index (χ1n) is 10.8. The average molecular weight is 529 g/mol. The van der Waals surface area contributed by atoms with E-state index in [-0.39, 0.29) is 29.9 Å². The zero-order valence-electron chi connectivity index (χ0n) is 18.5. The lowest BCUT2D eigenvalue weighted by molar-refractivity contribution is -0.131. The molecule has 0 aliphatic carbocycles. The minimum absolute atomic E-state index is 0. The number of carbonyl (C=O) groups excluding carboxylic acids is 1. The predicted molar refractivity (Wildman–Crippen MR) is 132 cm³/mol. The maximum absolute atomic E-state index is 12.4. The first-order chi connectivity index (χ1) is 14.1. The van der Waals surface area contributed by atoms with Crippen LogP contribution in [0.2, 0.25) is 0 Å². The highest BCUT2D eigenvalue weighted by atomic mass is 127. The molecule has 30 heavy (non-hydrogen) atoms. The SMILES string of the molecule is CCOc1ccc(CNC(=NC)N2CCN(CC(=O)N3CCCC3)CC2)cc1C.I. The van der Waals surface area contributed by atoms with Gasteiger partial charge in [-0.3, -0.25) is 14.7 Å². The Morgan fingerprint density at radius 1 is 1.10 bits per heavy atom. The summed E-state index contributed by atoms with van der Waals surface area (Å²) in [7, 11) is 1.83. The molecular formula is C22H36IN5O2. The molecule has 7 nitrogen and oxygen atoms in total. The van der Waals surface area contributed by atoms with Crippen LogP contribution < -0.4 is 10.1 Å². The van der Waals surface area contributed by atoms with Gasteiger partial charge >= 0.3 is 0 Å². The number of amides is 1. The van der Waals surface area contributed by atoms with Crippen molar-refractivity contribution in [3.63, 3.8) is 0 Å². The summed E-state index contributed by atoms with van der Waals surface area (Å²) in [6.45, 7) is 11.4. The highest BCUT2D eigenvalue weighted by molar-refractivity contribution is 14.0. The smallest absolute Gasteiger partial charge is 0.236 e. The Hall–Kier alpha value is -1.55. The van der Waals surface area contributed by atoms with Crippen molar-refractivity contribution in [2.24, 2.45) is 4.99 Å². The Bertz CT molecular complexity index is 713. The summed E-state index contributed by atoms with van der Waals surface area (Å²) in [6, 6.07) is 6.29. The molecule has 1 N–H and O–H groups in total. The van der Waals surface area contributed by atoms with Crippen molar-refractivity contribution in [3.05, 3.63) is 29.3 Å². The molecule has 0 radical (unpaired) electrons. The lowest BCUT2D eigenvalue weighted by atomic mass is 10.1. The molecule has 168 valence electrons. The van der Waals surface area contributed by atoms with E-state index in [1.807, 2.05) is 24.9 Å². The Balaban J connectivity index is 0.00000320. The molecule has 1 aromatic carbocycles. The minimum atomic E-state index is 0. The number of guanidine groups is 1. The Kier molecular flexibility index (Phi) is 10.2. The quantitative estimate of drug-likeness (QED) is 0.349. The summed E-state index contributed by atoms with van der Waals surface area (Å²) in [6.07, 6.45) is 2.30. The third-order valence-corrected chi connectivity index (χ3v) is 5.69. The number of halogens is 1. The lowest BCUT2D eigenvalue weighted by Gasteiger charge is -2.36. The molecule has 0 atom stereocenters. The van der Waals surface area contributed by atoms with Gasteiger partial charge in [-0.05, 0) is 43.9 Å². The fraction of sp³-hybridized carbons (Fsp3) is 0.636. The molecule has 0 bridgehead atoms. The second kappa shape index (κ2) is 12.3. The Labute approximate surface area is 197 Å². The van der Waals surface area contributed by atoms with Crippen molar-refractivity contribution in [1.29, 1.82) is 0 Å². The molecule has 2 heterocycles. The maximum Gasteiger partial charge on any atom is 0.236 e. The number of ether oxygens (including phenoxy) is 1. The van der Waals surface area contributed by atoms with Crippen LogP contribution >= 0.6 is 24.0 Å². The first kappa shape index (κ1) is 24.7. The number of hydrogen-bond donors (Lipinski definition) is 1. The number of nitrogens with one attached hydrogen (secondary N) is 1. The summed E-state index contributed by atoms with van der Waals surface area (Å²) in [5.41, 5.74) is 2.36. The fourth-order valence-corrected chi connectivity index (χ4v) is 4.03. The fourth-order valence-electron chi connectivity index (χ4n) is 4.03. The average Bonchev–Trinajstić information content (AvgIpc) is 3.27. The number of likely N-dealkylation sites (tertiary alicyclic amines) is 1. The zero-order valence-corrected chi connectivity index (χ0v) is 20.9. The molecule has 0 unspecified atom stereocenters. The summed E-state index contributed by atoms with van der Waals surface area (Å²) in [4.78, 5) is 23.4. The molecule has 2 saturated heterocycles. The normalized spacial score (nSPS) is 17.6. The van der Waals surface area contributed by atoms with E-state index in [1.165, 1.54) is 5.56 Å². The van der Waals surface area contributed by atoms with E-state index < -0.39 is 0 Å². The third kappa shape index (κ3) is 6.73. The van der Waals surface area contributed by atoms with E-state index in [0.717, 1.165) is 75.9 Å². The van der Waals surface area contributed by atoms with Gasteiger partial charge in [-0.1, -0.05) is 12.1 Å². The first-order valence-corrected chi connectivity index (χ1v) is 10.8. The number of nitrogens with zero attached hydrogens (tertiary/aromatic N) is 4. The van der Waals surface area contributed by atoms with Crippen LogP contribution in [-0.2, 0) is 11.3 Å². The molecule has 2 aliphatic rings. The molecule has 0 aromatic heterocycles. The van der Waals surface area contributed by atoms with E-state index in [2.05, 4.69) is 39.2 Å². The molecule has 8 heteroatoms. The Morgan fingerprint density at radius 3 is 2.40 bits per heavy atom. The monoisotopic (exact) mass is 529 g/mol. The van der Waals surface area contributed by atoms with Crippen LogP contribution in [0.15, 0.2) is 23.2 Å². The van der Waals surface area contributed by atoms with Crippen LogP contribution in [-0.4, -0.2) is 86.0 Å². The van der Waals surface area contributed by atoms with Gasteiger partial charge < -0.3 is 19.9 Å². The predicted octanol–water partition coefficient (Wildman–Crippen LogP) is 2.33. The number of aliphatic imine (C=N–C) groups is 1. The molecule has 0 spiro atoms. The summed E-state index contributed by atoms with van der Waals surface area (Å²) in [5, 5.41) is 3.48. The van der Waals surface area contributed by atoms with E-state index in [9.17, 15) is 4.79 Å². The van der Waals surface area contributed by atoms with Gasteiger partial charge in [-0.15, -0.1) is 24.0 Å². The number of rotatable bonds is 6. The third-order valence-electron chi connectivity index (χ3n) is 5.69. The van der Waals surface area contributed by atoms with Gasteiger partial charge in [-0.25, -0.2) is 0 Å². The summed E-state index contributed by atoms with van der Waals surface area (Å²) >= 11 is 0. The second-order valence-electron chi connectivity index (χ2n) is 7.78. The number of piperazine rings is 1. The number of carbonyl (C=O) groups is 1. The topological polar surface area (TPSA) is 60.4 Å². The van der Waals surface area contributed by atoms with Gasteiger partial charge in [0.25, 0.3) is 0 Å². The van der Waals surface area contributed by atoms with Crippen LogP contribution in [0.3, 0.4) is 0 Å². The molecular weight excluding hydrogens is 493 g/mol. The second-order valence-corrected chi connectivity index (χ2v) is 7.78. The van der Waals surface area contributed by atoms with Crippen LogP contribution in [0.1, 0.15) is 30.9 Å². The maximum atomic E-state index is 12.4. The molecule has 1 amide bonds. The van der Waals surface area contributed by atoms with Gasteiger partial charge in [0.2, 0.25) is 5.91 Å². The molecule has 1 aromatic rings. The number of benzene rings is 1. The van der Waals surface area contributed by atoms with Crippen LogP contribution in [0, 0.1) is 6.92 Å². The van der Waals surface area contributed by atoms with Gasteiger partial charge in [0, 0.05) is 52.9 Å². The summed E-state index contributed by atoms with van der Waals surface area (Å²) < 4.78 is 5.62. The van der Waals surface area contributed by atoms with Crippen molar-refractivity contribution in [3.8, 4) is 5.75 Å². The van der Waals surface area contributed by atoms with E-state index >= 15 is 0 Å².